The number of phenolic OH excluding ortho intramolecular Hbond substituents is 1. The van der Waals surface area contributed by atoms with Gasteiger partial charge in [-0.15, -0.1) is 34.0 Å². The Morgan fingerprint density at radius 1 is 0.944 bits per heavy atom. The van der Waals surface area contributed by atoms with Crippen molar-refractivity contribution in [2.45, 2.75) is 52.0 Å². The number of rotatable bonds is 10. The number of ether oxygens (including phenoxy) is 1. The van der Waals surface area contributed by atoms with Crippen LogP contribution in [-0.4, -0.2) is 31.9 Å². The van der Waals surface area contributed by atoms with Crippen LogP contribution in [0, 0.1) is 0 Å². The van der Waals surface area contributed by atoms with E-state index in [1.54, 1.807) is 7.11 Å². The largest absolute Gasteiger partial charge is 0.508 e. The van der Waals surface area contributed by atoms with Crippen LogP contribution in [0.2, 0.25) is 0 Å². The van der Waals surface area contributed by atoms with E-state index in [0.717, 1.165) is 57.6 Å². The summed E-state index contributed by atoms with van der Waals surface area (Å²) in [5.74, 6) is 1.73. The van der Waals surface area contributed by atoms with Crippen molar-refractivity contribution in [3.05, 3.63) is 88.5 Å². The molecule has 0 heterocycles. The first kappa shape index (κ1) is 30.2. The Kier molecular flexibility index (Phi) is 12.3. The maximum Gasteiger partial charge on any atom is 0.120 e. The van der Waals surface area contributed by atoms with Gasteiger partial charge in [-0.2, -0.15) is 0 Å². The molecule has 0 aromatic heterocycles. The second kappa shape index (κ2) is 14.7. The van der Waals surface area contributed by atoms with Gasteiger partial charge in [0.2, 0.25) is 0 Å². The molecule has 1 aliphatic carbocycles. The summed E-state index contributed by atoms with van der Waals surface area (Å²) in [4.78, 5) is 2.47. The third-order valence-electron chi connectivity index (χ3n) is 7.05. The minimum atomic E-state index is 0. The summed E-state index contributed by atoms with van der Waals surface area (Å²) < 4.78 is 5.61. The van der Waals surface area contributed by atoms with E-state index >= 15 is 0 Å². The maximum absolute atomic E-state index is 9.87. The standard InChI is InChI=1S/C30H38N2O2.2BrH/c1-4-31-17-16-22-6-8-23(9-7-22)21-32(5-2)30-20-28(34-3)14-15-29(30)26-11-10-25-19-27(33)13-12-24(25)18-26;;/h6-9,12-15,19-20,26,31,33H,4-5,10-11,16-18,21H2,1-3H3;2*1H/t26-;;/m1../s1. The Hall–Kier alpha value is -2.02. The van der Waals surface area contributed by atoms with E-state index in [1.807, 2.05) is 12.1 Å². The normalized spacial score (nSPS) is 14.2. The van der Waals surface area contributed by atoms with Gasteiger partial charge in [0.15, 0.2) is 0 Å². The van der Waals surface area contributed by atoms with Crippen LogP contribution >= 0.6 is 34.0 Å². The Bertz CT molecular complexity index is 1090. The SMILES string of the molecule is Br.Br.CCNCCc1ccc(CN(CC)c2cc(OC)ccc2[C@@H]2CCc3cc(O)ccc3C2)cc1. The van der Waals surface area contributed by atoms with Crippen LogP contribution in [0.1, 0.15) is 54.0 Å². The molecule has 4 rings (SSSR count). The smallest absolute Gasteiger partial charge is 0.120 e. The summed E-state index contributed by atoms with van der Waals surface area (Å²) >= 11 is 0. The minimum absolute atomic E-state index is 0. The zero-order valence-electron chi connectivity index (χ0n) is 21.6. The molecular formula is C30H40Br2N2O2. The number of likely N-dealkylation sites (N-methyl/N-ethyl adjacent to an activating group) is 1. The van der Waals surface area contributed by atoms with Crippen molar-refractivity contribution in [3.8, 4) is 11.5 Å². The molecule has 196 valence electrons. The molecule has 0 aliphatic heterocycles. The molecule has 0 spiro atoms. The number of anilines is 1. The number of aromatic hydroxyl groups is 1. The quantitative estimate of drug-likeness (QED) is 0.240. The van der Waals surface area contributed by atoms with E-state index in [4.69, 9.17) is 4.74 Å². The molecule has 0 radical (unpaired) electrons. The molecule has 2 N–H and O–H groups in total. The minimum Gasteiger partial charge on any atom is -0.508 e. The first-order valence-corrected chi connectivity index (χ1v) is 12.6. The van der Waals surface area contributed by atoms with Crippen LogP contribution in [0.3, 0.4) is 0 Å². The van der Waals surface area contributed by atoms with Gasteiger partial charge in [0.1, 0.15) is 11.5 Å². The van der Waals surface area contributed by atoms with E-state index in [-0.39, 0.29) is 34.0 Å². The molecule has 3 aromatic rings. The van der Waals surface area contributed by atoms with Crippen LogP contribution in [0.5, 0.6) is 11.5 Å². The predicted octanol–water partition coefficient (Wildman–Crippen LogP) is 7.01. The summed E-state index contributed by atoms with van der Waals surface area (Å²) in [6.07, 6.45) is 4.16. The monoisotopic (exact) mass is 618 g/mol. The lowest BCUT2D eigenvalue weighted by Crippen LogP contribution is -2.25. The molecule has 36 heavy (non-hydrogen) atoms. The van der Waals surface area contributed by atoms with E-state index < -0.39 is 0 Å². The Labute approximate surface area is 237 Å². The Balaban J connectivity index is 0.00000228. The molecule has 0 saturated carbocycles. The Morgan fingerprint density at radius 2 is 1.69 bits per heavy atom. The van der Waals surface area contributed by atoms with Gasteiger partial charge >= 0.3 is 0 Å². The molecule has 4 nitrogen and oxygen atoms in total. The highest BCUT2D eigenvalue weighted by molar-refractivity contribution is 8.93. The molecule has 1 aliphatic rings. The van der Waals surface area contributed by atoms with E-state index in [2.05, 4.69) is 72.6 Å². The van der Waals surface area contributed by atoms with Crippen LogP contribution in [-0.2, 0) is 25.8 Å². The van der Waals surface area contributed by atoms with Gasteiger partial charge in [-0.05, 0) is 97.6 Å². The molecule has 3 aromatic carbocycles. The van der Waals surface area contributed by atoms with Gasteiger partial charge in [0.25, 0.3) is 0 Å². The van der Waals surface area contributed by atoms with E-state index in [1.165, 1.54) is 33.5 Å². The molecular weight excluding hydrogens is 580 g/mol. The van der Waals surface area contributed by atoms with Gasteiger partial charge in [-0.25, -0.2) is 0 Å². The third-order valence-corrected chi connectivity index (χ3v) is 7.05. The number of benzene rings is 3. The number of halogens is 2. The lowest BCUT2D eigenvalue weighted by molar-refractivity contribution is 0.414. The molecule has 1 atom stereocenters. The van der Waals surface area contributed by atoms with Crippen LogP contribution in [0.25, 0.3) is 0 Å². The number of aryl methyl sites for hydroxylation is 1. The topological polar surface area (TPSA) is 44.7 Å². The summed E-state index contributed by atoms with van der Waals surface area (Å²) in [6.45, 7) is 8.22. The Morgan fingerprint density at radius 3 is 2.39 bits per heavy atom. The van der Waals surface area contributed by atoms with Crippen LogP contribution in [0.4, 0.5) is 5.69 Å². The highest BCUT2D eigenvalue weighted by atomic mass is 79.9. The number of nitrogens with one attached hydrogen (secondary N) is 1. The highest BCUT2D eigenvalue weighted by Gasteiger charge is 2.24. The van der Waals surface area contributed by atoms with Crippen LogP contribution in [0.15, 0.2) is 60.7 Å². The first-order chi connectivity index (χ1) is 16.6. The molecule has 0 fully saturated rings. The zero-order chi connectivity index (χ0) is 23.9. The number of phenols is 1. The first-order valence-electron chi connectivity index (χ1n) is 12.6. The summed E-state index contributed by atoms with van der Waals surface area (Å²) in [7, 11) is 1.74. The second-order valence-electron chi connectivity index (χ2n) is 9.25. The molecule has 0 unspecified atom stereocenters. The van der Waals surface area contributed by atoms with Crippen molar-refractivity contribution < 1.29 is 9.84 Å². The van der Waals surface area contributed by atoms with Gasteiger partial charge in [0.05, 0.1) is 7.11 Å². The van der Waals surface area contributed by atoms with Crippen molar-refractivity contribution in [3.63, 3.8) is 0 Å². The highest BCUT2D eigenvalue weighted by Crippen LogP contribution is 2.40. The summed E-state index contributed by atoms with van der Waals surface area (Å²) in [5.41, 5.74) is 8.00. The average Bonchev–Trinajstić information content (AvgIpc) is 2.87. The van der Waals surface area contributed by atoms with Crippen molar-refractivity contribution in [1.29, 1.82) is 0 Å². The van der Waals surface area contributed by atoms with Crippen molar-refractivity contribution in [2.24, 2.45) is 0 Å². The molecule has 0 amide bonds. The van der Waals surface area contributed by atoms with Crippen molar-refractivity contribution in [1.82, 2.24) is 5.32 Å². The lowest BCUT2D eigenvalue weighted by Gasteiger charge is -2.32. The van der Waals surface area contributed by atoms with Gasteiger partial charge < -0.3 is 20.1 Å². The molecule has 6 heteroatoms. The summed E-state index contributed by atoms with van der Waals surface area (Å²) in [6, 6.07) is 21.5. The number of fused-ring (bicyclic) bond motifs is 1. The summed E-state index contributed by atoms with van der Waals surface area (Å²) in [5, 5.41) is 13.3. The maximum atomic E-state index is 9.87. The lowest BCUT2D eigenvalue weighted by atomic mass is 9.79. The van der Waals surface area contributed by atoms with E-state index in [9.17, 15) is 5.11 Å². The van der Waals surface area contributed by atoms with Gasteiger partial charge in [-0.1, -0.05) is 43.3 Å². The molecule has 0 saturated heterocycles. The van der Waals surface area contributed by atoms with Gasteiger partial charge in [-0.3, -0.25) is 0 Å². The van der Waals surface area contributed by atoms with Crippen molar-refractivity contribution in [2.75, 3.05) is 31.6 Å². The molecule has 0 bridgehead atoms. The average molecular weight is 620 g/mol. The second-order valence-corrected chi connectivity index (χ2v) is 9.25. The predicted molar refractivity (Wildman–Crippen MR) is 162 cm³/mol. The fraction of sp³-hybridized carbons (Fsp3) is 0.400. The number of hydrogen-bond acceptors (Lipinski definition) is 4. The van der Waals surface area contributed by atoms with E-state index in [0.29, 0.717) is 11.7 Å². The van der Waals surface area contributed by atoms with Gasteiger partial charge in [0, 0.05) is 24.8 Å². The zero-order valence-corrected chi connectivity index (χ0v) is 25.1. The number of hydrogen-bond donors (Lipinski definition) is 2. The van der Waals surface area contributed by atoms with Crippen LogP contribution < -0.4 is 15.0 Å². The number of methoxy groups -OCH3 is 1. The third kappa shape index (κ3) is 7.50. The van der Waals surface area contributed by atoms with Crippen molar-refractivity contribution >= 4 is 39.7 Å². The number of nitrogens with zero attached hydrogens (tertiary/aromatic N) is 1. The fourth-order valence-electron chi connectivity index (χ4n) is 5.08. The fourth-order valence-corrected chi connectivity index (χ4v) is 5.08.